The number of rotatable bonds is 3. The maximum Gasteiger partial charge on any atom is 0.414 e. The number of alkyl carbamates (subject to hydrolysis) is 1. The molecule has 2 heterocycles. The molecule has 0 aliphatic carbocycles. The van der Waals surface area contributed by atoms with Crippen molar-refractivity contribution in [1.82, 2.24) is 5.32 Å². The topological polar surface area (TPSA) is 59.8 Å². The van der Waals surface area contributed by atoms with Crippen molar-refractivity contribution in [2.75, 3.05) is 19.7 Å². The summed E-state index contributed by atoms with van der Waals surface area (Å²) in [6.45, 7) is 2.56. The normalized spacial score (nSPS) is 25.8. The molecule has 136 valence electrons. The molecule has 7 heteroatoms. The monoisotopic (exact) mass is 353 g/mol. The van der Waals surface area contributed by atoms with Crippen LogP contribution in [0, 0.1) is 17.6 Å². The molecule has 1 aromatic rings. The van der Waals surface area contributed by atoms with Crippen LogP contribution in [0.2, 0.25) is 0 Å². The number of hydrogen-bond acceptors (Lipinski definition) is 3. The van der Waals surface area contributed by atoms with Crippen LogP contribution in [-0.4, -0.2) is 37.7 Å². The molecule has 5 nitrogen and oxygen atoms in total. The first-order chi connectivity index (χ1) is 12.1. The molecule has 2 saturated heterocycles. The van der Waals surface area contributed by atoms with Crippen LogP contribution < -0.4 is 10.2 Å². The molecule has 2 amide bonds. The number of ether oxygens (including phenoxy) is 1. The SMILES string of the molecule is O=C(NC(=O)c1c(F)cccc1F)OCC1CCC[NH+]2CCCCC12. The van der Waals surface area contributed by atoms with E-state index in [-0.39, 0.29) is 12.5 Å². The summed E-state index contributed by atoms with van der Waals surface area (Å²) in [5.74, 6) is -2.89. The van der Waals surface area contributed by atoms with Gasteiger partial charge in [0.25, 0.3) is 5.91 Å². The van der Waals surface area contributed by atoms with Gasteiger partial charge in [-0.25, -0.2) is 13.6 Å². The number of carbonyl (C=O) groups is 2. The minimum Gasteiger partial charge on any atom is -0.449 e. The van der Waals surface area contributed by atoms with Crippen molar-refractivity contribution in [2.45, 2.75) is 38.1 Å². The zero-order valence-corrected chi connectivity index (χ0v) is 14.0. The van der Waals surface area contributed by atoms with Gasteiger partial charge in [-0.2, -0.15) is 0 Å². The van der Waals surface area contributed by atoms with Crippen LogP contribution in [0.3, 0.4) is 0 Å². The van der Waals surface area contributed by atoms with Gasteiger partial charge in [-0.3, -0.25) is 10.1 Å². The van der Waals surface area contributed by atoms with Crippen molar-refractivity contribution in [2.24, 2.45) is 5.92 Å². The quantitative estimate of drug-likeness (QED) is 0.869. The fourth-order valence-electron chi connectivity index (χ4n) is 4.07. The molecular formula is C18H23F2N2O3+. The summed E-state index contributed by atoms with van der Waals surface area (Å²) in [4.78, 5) is 25.3. The first-order valence-corrected chi connectivity index (χ1v) is 8.83. The van der Waals surface area contributed by atoms with Crippen LogP contribution in [0.15, 0.2) is 18.2 Å². The molecule has 0 saturated carbocycles. The smallest absolute Gasteiger partial charge is 0.414 e. The van der Waals surface area contributed by atoms with E-state index in [0.29, 0.717) is 6.04 Å². The van der Waals surface area contributed by atoms with E-state index in [2.05, 4.69) is 0 Å². The van der Waals surface area contributed by atoms with E-state index in [9.17, 15) is 18.4 Å². The number of carbonyl (C=O) groups excluding carboxylic acids is 2. The van der Waals surface area contributed by atoms with E-state index < -0.39 is 29.2 Å². The van der Waals surface area contributed by atoms with Crippen LogP contribution in [-0.2, 0) is 4.74 Å². The third-order valence-corrected chi connectivity index (χ3v) is 5.26. The Bertz CT molecular complexity index is 631. The summed E-state index contributed by atoms with van der Waals surface area (Å²) in [5.41, 5.74) is -0.778. The average molecular weight is 353 g/mol. The van der Waals surface area contributed by atoms with Gasteiger partial charge in [-0.1, -0.05) is 6.07 Å². The molecule has 2 fully saturated rings. The van der Waals surface area contributed by atoms with Gasteiger partial charge >= 0.3 is 6.09 Å². The molecule has 2 aliphatic rings. The van der Waals surface area contributed by atoms with E-state index in [1.807, 2.05) is 5.32 Å². The lowest BCUT2D eigenvalue weighted by Crippen LogP contribution is -3.18. The second kappa shape index (κ2) is 7.91. The largest absolute Gasteiger partial charge is 0.449 e. The van der Waals surface area contributed by atoms with E-state index in [1.54, 1.807) is 4.90 Å². The van der Waals surface area contributed by atoms with Gasteiger partial charge in [0.1, 0.15) is 23.8 Å². The van der Waals surface area contributed by atoms with Crippen molar-refractivity contribution in [3.05, 3.63) is 35.4 Å². The maximum atomic E-state index is 13.6. The third-order valence-electron chi connectivity index (χ3n) is 5.26. The Hall–Kier alpha value is -2.02. The third kappa shape index (κ3) is 4.15. The molecular weight excluding hydrogens is 330 g/mol. The van der Waals surface area contributed by atoms with Gasteiger partial charge in [-0.15, -0.1) is 0 Å². The van der Waals surface area contributed by atoms with Crippen molar-refractivity contribution >= 4 is 12.0 Å². The summed E-state index contributed by atoms with van der Waals surface area (Å²) >= 11 is 0. The number of fused-ring (bicyclic) bond motifs is 1. The zero-order chi connectivity index (χ0) is 17.8. The minimum atomic E-state index is -1.13. The van der Waals surface area contributed by atoms with Crippen molar-refractivity contribution in [3.63, 3.8) is 0 Å². The molecule has 0 aromatic heterocycles. The van der Waals surface area contributed by atoms with E-state index in [1.165, 1.54) is 25.9 Å². The van der Waals surface area contributed by atoms with E-state index in [4.69, 9.17) is 4.74 Å². The maximum absolute atomic E-state index is 13.6. The predicted molar refractivity (Wildman–Crippen MR) is 86.2 cm³/mol. The molecule has 0 radical (unpaired) electrons. The number of imide groups is 1. The van der Waals surface area contributed by atoms with Crippen molar-refractivity contribution < 1.29 is 28.0 Å². The van der Waals surface area contributed by atoms with Crippen LogP contribution in [0.4, 0.5) is 13.6 Å². The van der Waals surface area contributed by atoms with Crippen LogP contribution in [0.1, 0.15) is 42.5 Å². The van der Waals surface area contributed by atoms with Crippen molar-refractivity contribution in [3.8, 4) is 0 Å². The Morgan fingerprint density at radius 3 is 2.60 bits per heavy atom. The lowest BCUT2D eigenvalue weighted by molar-refractivity contribution is -0.940. The molecule has 3 rings (SSSR count). The molecule has 0 spiro atoms. The number of halogens is 2. The van der Waals surface area contributed by atoms with Gasteiger partial charge in [-0.05, 0) is 44.2 Å². The fraction of sp³-hybridized carbons (Fsp3) is 0.556. The summed E-state index contributed by atoms with van der Waals surface area (Å²) in [6, 6.07) is 3.58. The zero-order valence-electron chi connectivity index (χ0n) is 14.0. The van der Waals surface area contributed by atoms with Gasteiger partial charge in [0.2, 0.25) is 0 Å². The first kappa shape index (κ1) is 17.8. The fourth-order valence-corrected chi connectivity index (χ4v) is 4.07. The lowest BCUT2D eigenvalue weighted by atomic mass is 9.84. The second-order valence-electron chi connectivity index (χ2n) is 6.81. The lowest BCUT2D eigenvalue weighted by Gasteiger charge is -2.40. The number of amides is 2. The summed E-state index contributed by atoms with van der Waals surface area (Å²) < 4.78 is 32.3. The minimum absolute atomic E-state index is 0.229. The Labute approximate surface area is 145 Å². The van der Waals surface area contributed by atoms with E-state index in [0.717, 1.165) is 37.5 Å². The predicted octanol–water partition coefficient (Wildman–Crippen LogP) is 1.68. The molecule has 25 heavy (non-hydrogen) atoms. The standard InChI is InChI=1S/C18H22F2N2O3/c19-13-6-3-7-14(20)16(13)17(23)21-18(24)25-11-12-5-4-10-22-9-2-1-8-15(12)22/h3,6-7,12,15H,1-2,4-5,8-11H2,(H,21,23,24)/p+1. The highest BCUT2D eigenvalue weighted by atomic mass is 19.1. The number of quaternary nitrogens is 1. The van der Waals surface area contributed by atoms with Gasteiger partial charge in [0.05, 0.1) is 19.1 Å². The Kier molecular flexibility index (Phi) is 5.63. The number of hydrogen-bond donors (Lipinski definition) is 2. The molecule has 1 aromatic carbocycles. The molecule has 2 aliphatic heterocycles. The molecule has 0 bridgehead atoms. The molecule has 3 atom stereocenters. The Balaban J connectivity index is 1.53. The Morgan fingerprint density at radius 1 is 1.12 bits per heavy atom. The van der Waals surface area contributed by atoms with Gasteiger partial charge < -0.3 is 9.64 Å². The number of nitrogens with one attached hydrogen (secondary N) is 2. The highest BCUT2D eigenvalue weighted by molar-refractivity contribution is 6.03. The summed E-state index contributed by atoms with van der Waals surface area (Å²) in [7, 11) is 0. The van der Waals surface area contributed by atoms with Crippen LogP contribution >= 0.6 is 0 Å². The van der Waals surface area contributed by atoms with Gasteiger partial charge in [0, 0.05) is 5.92 Å². The highest BCUT2D eigenvalue weighted by Gasteiger charge is 2.37. The van der Waals surface area contributed by atoms with Crippen LogP contribution in [0.25, 0.3) is 0 Å². The number of piperidine rings is 2. The Morgan fingerprint density at radius 2 is 1.84 bits per heavy atom. The van der Waals surface area contributed by atoms with E-state index >= 15 is 0 Å². The van der Waals surface area contributed by atoms with Crippen LogP contribution in [0.5, 0.6) is 0 Å². The molecule has 3 unspecified atom stereocenters. The van der Waals surface area contributed by atoms with Gasteiger partial charge in [0.15, 0.2) is 0 Å². The van der Waals surface area contributed by atoms with Crippen molar-refractivity contribution in [1.29, 1.82) is 0 Å². The summed E-state index contributed by atoms with van der Waals surface area (Å²) in [5, 5.41) is 1.90. The average Bonchev–Trinajstić information content (AvgIpc) is 2.59. The summed E-state index contributed by atoms with van der Waals surface area (Å²) in [6.07, 6.45) is 4.70. The first-order valence-electron chi connectivity index (χ1n) is 8.83. The molecule has 2 N–H and O–H groups in total. The number of benzene rings is 1. The second-order valence-corrected chi connectivity index (χ2v) is 6.81. The highest BCUT2D eigenvalue weighted by Crippen LogP contribution is 2.20.